The molecular formula is C30H34N8O3. The molecule has 0 aliphatic heterocycles. The third-order valence-electron chi connectivity index (χ3n) is 6.33. The Morgan fingerprint density at radius 2 is 1.80 bits per heavy atom. The van der Waals surface area contributed by atoms with E-state index in [-0.39, 0.29) is 36.2 Å². The number of rotatable bonds is 10. The third-order valence-corrected chi connectivity index (χ3v) is 6.33. The van der Waals surface area contributed by atoms with Crippen molar-refractivity contribution >= 4 is 22.9 Å². The summed E-state index contributed by atoms with van der Waals surface area (Å²) < 4.78 is 8.76. The highest BCUT2D eigenvalue weighted by atomic mass is 16.5. The van der Waals surface area contributed by atoms with E-state index < -0.39 is 11.4 Å². The topological polar surface area (TPSA) is 144 Å². The average Bonchev–Trinajstić information content (AvgIpc) is 3.22. The molecule has 0 atom stereocenters. The van der Waals surface area contributed by atoms with Crippen molar-refractivity contribution in [3.8, 4) is 23.3 Å². The van der Waals surface area contributed by atoms with Gasteiger partial charge in [-0.2, -0.15) is 5.26 Å². The van der Waals surface area contributed by atoms with E-state index >= 15 is 0 Å². The summed E-state index contributed by atoms with van der Waals surface area (Å²) in [6.45, 7) is 8.07. The van der Waals surface area contributed by atoms with Gasteiger partial charge in [0, 0.05) is 31.7 Å². The molecule has 0 saturated heterocycles. The lowest BCUT2D eigenvalue weighted by atomic mass is 10.00. The van der Waals surface area contributed by atoms with Crippen LogP contribution in [0.15, 0.2) is 77.4 Å². The smallest absolute Gasteiger partial charge is 0.335 e. The largest absolute Gasteiger partial charge is 0.457 e. The minimum atomic E-state index is -0.559. The van der Waals surface area contributed by atoms with E-state index in [1.807, 2.05) is 64.1 Å². The van der Waals surface area contributed by atoms with Crippen LogP contribution in [-0.2, 0) is 11.3 Å². The van der Waals surface area contributed by atoms with Crippen LogP contribution < -0.4 is 21.5 Å². The van der Waals surface area contributed by atoms with Crippen LogP contribution in [0.3, 0.4) is 0 Å². The molecule has 0 aliphatic rings. The number of benzene rings is 2. The zero-order chi connectivity index (χ0) is 29.7. The number of hydrogen-bond acceptors (Lipinski definition) is 8. The standard InChI is InChI=1S/C30H34N8O3/c1-20(2)35-30(3,4)17-21(18-31)28(39)36(5)15-16-37-27-25(26(32)33-19-34-27)38(29(37)40)22-11-13-24(14-12-22)41-23-9-7-6-8-10-23/h6-14,17,19-20,35H,15-16H2,1-5H3,(H2,32,33,34). The number of nitrogens with two attached hydrogens (primary N) is 1. The Hall–Kier alpha value is -4.95. The number of nitriles is 1. The summed E-state index contributed by atoms with van der Waals surface area (Å²) in [5, 5.41) is 13.0. The van der Waals surface area contributed by atoms with Gasteiger partial charge in [-0.25, -0.2) is 14.8 Å². The third kappa shape index (κ3) is 6.62. The molecule has 1 amide bonds. The maximum Gasteiger partial charge on any atom is 0.335 e. The molecule has 0 bridgehead atoms. The summed E-state index contributed by atoms with van der Waals surface area (Å²) in [5.41, 5.74) is 6.53. The lowest BCUT2D eigenvalue weighted by Crippen LogP contribution is -2.43. The monoisotopic (exact) mass is 554 g/mol. The predicted octanol–water partition coefficient (Wildman–Crippen LogP) is 3.64. The Balaban J connectivity index is 1.60. The second-order valence-electron chi connectivity index (χ2n) is 10.5. The highest BCUT2D eigenvalue weighted by molar-refractivity contribution is 5.97. The van der Waals surface area contributed by atoms with Crippen molar-refractivity contribution in [2.75, 3.05) is 19.3 Å². The summed E-state index contributed by atoms with van der Waals surface area (Å²) in [5.74, 6) is 1.01. The molecule has 0 spiro atoms. The fourth-order valence-corrected chi connectivity index (χ4v) is 4.68. The quantitative estimate of drug-likeness (QED) is 0.223. The Morgan fingerprint density at radius 3 is 2.44 bits per heavy atom. The molecule has 3 N–H and O–H groups in total. The molecule has 0 unspecified atom stereocenters. The van der Waals surface area contributed by atoms with E-state index in [1.54, 1.807) is 37.4 Å². The predicted molar refractivity (Wildman–Crippen MR) is 158 cm³/mol. The van der Waals surface area contributed by atoms with Crippen LogP contribution in [0.25, 0.3) is 16.9 Å². The number of ether oxygens (including phenoxy) is 1. The summed E-state index contributed by atoms with van der Waals surface area (Å²) in [6.07, 6.45) is 2.92. The lowest BCUT2D eigenvalue weighted by molar-refractivity contribution is -0.125. The Kier molecular flexibility index (Phi) is 8.54. The molecule has 41 heavy (non-hydrogen) atoms. The fraction of sp³-hybridized carbons (Fsp3) is 0.300. The van der Waals surface area contributed by atoms with Gasteiger partial charge in [-0.1, -0.05) is 32.0 Å². The zero-order valence-corrected chi connectivity index (χ0v) is 23.8. The number of carbonyl (C=O) groups excluding carboxylic acids is 1. The van der Waals surface area contributed by atoms with Gasteiger partial charge in [0.05, 0.1) is 5.69 Å². The summed E-state index contributed by atoms with van der Waals surface area (Å²) in [7, 11) is 1.59. The van der Waals surface area contributed by atoms with Crippen LogP contribution in [0.4, 0.5) is 5.82 Å². The van der Waals surface area contributed by atoms with E-state index in [1.165, 1.54) is 20.4 Å². The number of fused-ring (bicyclic) bond motifs is 1. The van der Waals surface area contributed by atoms with Gasteiger partial charge >= 0.3 is 5.69 Å². The van der Waals surface area contributed by atoms with Gasteiger partial charge in [-0.05, 0) is 56.3 Å². The Labute approximate surface area is 238 Å². The molecule has 0 fully saturated rings. The number of hydrogen-bond donors (Lipinski definition) is 2. The molecule has 11 heteroatoms. The van der Waals surface area contributed by atoms with Crippen molar-refractivity contribution in [3.63, 3.8) is 0 Å². The highest BCUT2D eigenvalue weighted by Crippen LogP contribution is 2.25. The van der Waals surface area contributed by atoms with Crippen LogP contribution in [0.5, 0.6) is 11.5 Å². The van der Waals surface area contributed by atoms with Gasteiger partial charge in [-0.15, -0.1) is 0 Å². The Morgan fingerprint density at radius 1 is 1.15 bits per heavy atom. The zero-order valence-electron chi connectivity index (χ0n) is 23.8. The number of amides is 1. The van der Waals surface area contributed by atoms with Gasteiger partial charge in [0.15, 0.2) is 11.5 Å². The normalized spacial score (nSPS) is 12.0. The molecule has 4 aromatic rings. The van der Waals surface area contributed by atoms with Gasteiger partial charge in [0.25, 0.3) is 5.91 Å². The first-order valence-corrected chi connectivity index (χ1v) is 13.2. The maximum absolute atomic E-state index is 13.7. The van der Waals surface area contributed by atoms with Crippen molar-refractivity contribution < 1.29 is 9.53 Å². The van der Waals surface area contributed by atoms with E-state index in [4.69, 9.17) is 10.5 Å². The number of nitrogens with zero attached hydrogens (tertiary/aromatic N) is 6. The van der Waals surface area contributed by atoms with Crippen LogP contribution in [0, 0.1) is 11.3 Å². The van der Waals surface area contributed by atoms with Gasteiger partial charge < -0.3 is 20.7 Å². The van der Waals surface area contributed by atoms with E-state index in [2.05, 4.69) is 15.3 Å². The Bertz CT molecular complexity index is 1660. The van der Waals surface area contributed by atoms with E-state index in [0.29, 0.717) is 28.4 Å². The van der Waals surface area contributed by atoms with Gasteiger partial charge in [0.1, 0.15) is 35.0 Å². The van der Waals surface area contributed by atoms with Crippen molar-refractivity contribution in [1.29, 1.82) is 5.26 Å². The van der Waals surface area contributed by atoms with Gasteiger partial charge in [-0.3, -0.25) is 13.9 Å². The van der Waals surface area contributed by atoms with Crippen molar-refractivity contribution in [1.82, 2.24) is 29.3 Å². The number of imidazole rings is 1. The van der Waals surface area contributed by atoms with E-state index in [9.17, 15) is 14.9 Å². The average molecular weight is 555 g/mol. The molecule has 0 saturated carbocycles. The number of nitrogens with one attached hydrogen (secondary N) is 1. The second kappa shape index (κ2) is 12.1. The van der Waals surface area contributed by atoms with Crippen molar-refractivity contribution in [3.05, 3.63) is 83.1 Å². The molecule has 11 nitrogen and oxygen atoms in total. The lowest BCUT2D eigenvalue weighted by Gasteiger charge is -2.26. The summed E-state index contributed by atoms with van der Waals surface area (Å²) >= 11 is 0. The second-order valence-corrected chi connectivity index (χ2v) is 10.5. The molecule has 0 aliphatic carbocycles. The van der Waals surface area contributed by atoms with Crippen LogP contribution in [0.2, 0.25) is 0 Å². The molecule has 4 rings (SSSR count). The number of aromatic nitrogens is 4. The number of para-hydroxylation sites is 1. The molecule has 2 heterocycles. The van der Waals surface area contributed by atoms with E-state index in [0.717, 1.165) is 0 Å². The number of anilines is 1. The number of carbonyl (C=O) groups is 1. The molecule has 2 aromatic heterocycles. The minimum absolute atomic E-state index is 0.0183. The number of likely N-dealkylation sites (N-methyl/N-ethyl adjacent to an activating group) is 1. The molecule has 212 valence electrons. The summed E-state index contributed by atoms with van der Waals surface area (Å²) in [4.78, 5) is 36.6. The highest BCUT2D eigenvalue weighted by Gasteiger charge is 2.23. The first-order chi connectivity index (χ1) is 19.5. The first kappa shape index (κ1) is 29.0. The van der Waals surface area contributed by atoms with Gasteiger partial charge in [0.2, 0.25) is 0 Å². The van der Waals surface area contributed by atoms with Crippen LogP contribution in [-0.4, -0.2) is 55.1 Å². The van der Waals surface area contributed by atoms with Crippen LogP contribution in [0.1, 0.15) is 27.7 Å². The molecule has 2 aromatic carbocycles. The number of nitrogen functional groups attached to an aromatic ring is 1. The maximum atomic E-state index is 13.7. The minimum Gasteiger partial charge on any atom is -0.457 e. The molecule has 0 radical (unpaired) electrons. The summed E-state index contributed by atoms with van der Waals surface area (Å²) in [6, 6.07) is 18.6. The first-order valence-electron chi connectivity index (χ1n) is 13.2. The van der Waals surface area contributed by atoms with Crippen LogP contribution >= 0.6 is 0 Å². The SMILES string of the molecule is CC(C)NC(C)(C)C=C(C#N)C(=O)N(C)CCn1c(=O)n(-c2ccc(Oc3ccccc3)cc2)c2c(N)ncnc21. The van der Waals surface area contributed by atoms with Crippen molar-refractivity contribution in [2.24, 2.45) is 0 Å². The fourth-order valence-electron chi connectivity index (χ4n) is 4.68. The van der Waals surface area contributed by atoms with Crippen molar-refractivity contribution in [2.45, 2.75) is 45.8 Å². The molecular weight excluding hydrogens is 520 g/mol.